The molecule has 0 atom stereocenters. The molecule has 1 aliphatic heterocycles. The van der Waals surface area contributed by atoms with Crippen molar-refractivity contribution in [3.05, 3.63) is 59.2 Å². The molecule has 1 saturated heterocycles. The molecule has 3 rings (SSSR count). The molecule has 2 aromatic carbocycles. The van der Waals surface area contributed by atoms with E-state index in [9.17, 15) is 4.79 Å². The van der Waals surface area contributed by atoms with Gasteiger partial charge < -0.3 is 21.7 Å². The molecule has 1 aliphatic rings. The number of hydrogen-bond donors (Lipinski definition) is 3. The third-order valence-corrected chi connectivity index (χ3v) is 4.84. The third kappa shape index (κ3) is 4.60. The summed E-state index contributed by atoms with van der Waals surface area (Å²) in [4.78, 5) is 17.2. The molecule has 5 N–H and O–H groups in total. The molecule has 1 heterocycles. The van der Waals surface area contributed by atoms with Crippen molar-refractivity contribution >= 4 is 17.3 Å². The van der Waals surface area contributed by atoms with Gasteiger partial charge in [0.15, 0.2) is 0 Å². The first-order valence-corrected chi connectivity index (χ1v) is 8.95. The Balaban J connectivity index is 1.59. The topological polar surface area (TPSA) is 87.6 Å². The van der Waals surface area contributed by atoms with E-state index in [0.717, 1.165) is 38.3 Å². The van der Waals surface area contributed by atoms with Crippen molar-refractivity contribution in [3.8, 4) is 0 Å². The van der Waals surface area contributed by atoms with E-state index in [0.29, 0.717) is 23.5 Å². The summed E-state index contributed by atoms with van der Waals surface area (Å²) in [5, 5.41) is 2.88. The Bertz CT molecular complexity index is 751. The van der Waals surface area contributed by atoms with E-state index in [1.165, 1.54) is 5.56 Å². The molecule has 6 nitrogen and oxygen atoms in total. The zero-order valence-electron chi connectivity index (χ0n) is 15.2. The quantitative estimate of drug-likeness (QED) is 0.713. The fraction of sp³-hybridized carbons (Fsp3) is 0.350. The number of benzene rings is 2. The van der Waals surface area contributed by atoms with Crippen molar-refractivity contribution in [2.24, 2.45) is 5.73 Å². The summed E-state index contributed by atoms with van der Waals surface area (Å²) in [6, 6.07) is 13.2. The van der Waals surface area contributed by atoms with Gasteiger partial charge in [0.1, 0.15) is 0 Å². The van der Waals surface area contributed by atoms with Gasteiger partial charge in [-0.15, -0.1) is 0 Å². The number of carbonyl (C=O) groups is 1. The van der Waals surface area contributed by atoms with Gasteiger partial charge in [0.2, 0.25) is 0 Å². The van der Waals surface area contributed by atoms with Crippen LogP contribution in [0.3, 0.4) is 0 Å². The lowest BCUT2D eigenvalue weighted by Crippen LogP contribution is -2.43. The minimum Gasteiger partial charge on any atom is -0.398 e. The van der Waals surface area contributed by atoms with Crippen LogP contribution < -0.4 is 16.8 Å². The predicted molar refractivity (Wildman–Crippen MR) is 106 cm³/mol. The standard InChI is InChI=1S/C20H27N5O/c1-24-8-10-25(11-9-24)14-15-2-4-16(5-3-15)20(26)23-18-7-6-17(13-21)19(22)12-18/h2-7,12H,8-11,13-14,21-22H2,1H3,(H,23,26). The van der Waals surface area contributed by atoms with Gasteiger partial charge in [0.05, 0.1) is 0 Å². The van der Waals surface area contributed by atoms with Gasteiger partial charge in [-0.05, 0) is 42.4 Å². The Morgan fingerprint density at radius 1 is 1.08 bits per heavy atom. The molecule has 26 heavy (non-hydrogen) atoms. The maximum absolute atomic E-state index is 12.4. The Labute approximate surface area is 154 Å². The van der Waals surface area contributed by atoms with Crippen LogP contribution in [0.5, 0.6) is 0 Å². The minimum absolute atomic E-state index is 0.143. The van der Waals surface area contributed by atoms with Crippen molar-refractivity contribution < 1.29 is 4.79 Å². The van der Waals surface area contributed by atoms with E-state index in [-0.39, 0.29) is 5.91 Å². The van der Waals surface area contributed by atoms with Gasteiger partial charge in [-0.1, -0.05) is 18.2 Å². The first-order chi connectivity index (χ1) is 12.5. The number of carbonyl (C=O) groups excluding carboxylic acids is 1. The van der Waals surface area contributed by atoms with Crippen LogP contribution in [0.25, 0.3) is 0 Å². The average Bonchev–Trinajstić information content (AvgIpc) is 2.64. The minimum atomic E-state index is -0.143. The zero-order chi connectivity index (χ0) is 18.5. The molecule has 0 spiro atoms. The van der Waals surface area contributed by atoms with Crippen LogP contribution in [0.4, 0.5) is 11.4 Å². The number of hydrogen-bond acceptors (Lipinski definition) is 5. The predicted octanol–water partition coefficient (Wildman–Crippen LogP) is 1.73. The van der Waals surface area contributed by atoms with E-state index in [2.05, 4.69) is 22.2 Å². The third-order valence-electron chi connectivity index (χ3n) is 4.84. The number of nitrogens with zero attached hydrogens (tertiary/aromatic N) is 2. The van der Waals surface area contributed by atoms with Gasteiger partial charge >= 0.3 is 0 Å². The summed E-state index contributed by atoms with van der Waals surface area (Å²) in [6.45, 7) is 5.68. The highest BCUT2D eigenvalue weighted by atomic mass is 16.1. The molecule has 0 radical (unpaired) electrons. The summed E-state index contributed by atoms with van der Waals surface area (Å²) in [6.07, 6.45) is 0. The maximum atomic E-state index is 12.4. The summed E-state index contributed by atoms with van der Waals surface area (Å²) >= 11 is 0. The zero-order valence-corrected chi connectivity index (χ0v) is 15.2. The highest BCUT2D eigenvalue weighted by Crippen LogP contribution is 2.18. The Hall–Kier alpha value is -2.41. The normalized spacial score (nSPS) is 15.8. The summed E-state index contributed by atoms with van der Waals surface area (Å²) in [5.41, 5.74) is 15.5. The monoisotopic (exact) mass is 353 g/mol. The largest absolute Gasteiger partial charge is 0.398 e. The molecule has 2 aromatic rings. The highest BCUT2D eigenvalue weighted by molar-refractivity contribution is 6.04. The van der Waals surface area contributed by atoms with E-state index >= 15 is 0 Å². The van der Waals surface area contributed by atoms with Crippen LogP contribution in [0, 0.1) is 0 Å². The smallest absolute Gasteiger partial charge is 0.255 e. The van der Waals surface area contributed by atoms with E-state index in [1.807, 2.05) is 36.4 Å². The fourth-order valence-electron chi connectivity index (χ4n) is 3.09. The lowest BCUT2D eigenvalue weighted by Gasteiger charge is -2.32. The first-order valence-electron chi connectivity index (χ1n) is 8.95. The molecule has 0 bridgehead atoms. The van der Waals surface area contributed by atoms with Crippen LogP contribution in [-0.2, 0) is 13.1 Å². The highest BCUT2D eigenvalue weighted by Gasteiger charge is 2.14. The molecule has 6 heteroatoms. The first kappa shape index (κ1) is 18.4. The maximum Gasteiger partial charge on any atom is 0.255 e. The number of anilines is 2. The second-order valence-corrected chi connectivity index (χ2v) is 6.85. The van der Waals surface area contributed by atoms with Gasteiger partial charge in [-0.3, -0.25) is 9.69 Å². The van der Waals surface area contributed by atoms with E-state index in [1.54, 1.807) is 6.07 Å². The molecule has 1 fully saturated rings. The Morgan fingerprint density at radius 2 is 1.77 bits per heavy atom. The van der Waals surface area contributed by atoms with Crippen LogP contribution >= 0.6 is 0 Å². The summed E-state index contributed by atoms with van der Waals surface area (Å²) in [7, 11) is 2.15. The van der Waals surface area contributed by atoms with Crippen LogP contribution in [0.15, 0.2) is 42.5 Å². The molecule has 1 amide bonds. The number of nitrogens with one attached hydrogen (secondary N) is 1. The lowest BCUT2D eigenvalue weighted by atomic mass is 10.1. The van der Waals surface area contributed by atoms with Gasteiger partial charge in [-0.2, -0.15) is 0 Å². The van der Waals surface area contributed by atoms with Crippen LogP contribution in [0.1, 0.15) is 21.5 Å². The number of likely N-dealkylation sites (N-methyl/N-ethyl adjacent to an activating group) is 1. The van der Waals surface area contributed by atoms with Gasteiger partial charge in [0, 0.05) is 56.2 Å². The van der Waals surface area contributed by atoms with Crippen LogP contribution in [0.2, 0.25) is 0 Å². The Kier molecular flexibility index (Phi) is 5.88. The molecular weight excluding hydrogens is 326 g/mol. The molecule has 138 valence electrons. The van der Waals surface area contributed by atoms with Crippen molar-refractivity contribution in [2.45, 2.75) is 13.1 Å². The van der Waals surface area contributed by atoms with E-state index < -0.39 is 0 Å². The fourth-order valence-corrected chi connectivity index (χ4v) is 3.09. The number of piperazine rings is 1. The van der Waals surface area contributed by atoms with Gasteiger partial charge in [0.25, 0.3) is 5.91 Å². The molecule has 0 aromatic heterocycles. The molecular formula is C20H27N5O. The van der Waals surface area contributed by atoms with E-state index in [4.69, 9.17) is 11.5 Å². The average molecular weight is 353 g/mol. The number of nitrogens with two attached hydrogens (primary N) is 2. The second kappa shape index (κ2) is 8.31. The molecule has 0 unspecified atom stereocenters. The number of rotatable bonds is 5. The van der Waals surface area contributed by atoms with Crippen molar-refractivity contribution in [1.29, 1.82) is 0 Å². The van der Waals surface area contributed by atoms with Crippen molar-refractivity contribution in [1.82, 2.24) is 9.80 Å². The van der Waals surface area contributed by atoms with Crippen LogP contribution in [-0.4, -0.2) is 48.9 Å². The summed E-state index contributed by atoms with van der Waals surface area (Å²) < 4.78 is 0. The van der Waals surface area contributed by atoms with Crippen molar-refractivity contribution in [2.75, 3.05) is 44.3 Å². The summed E-state index contributed by atoms with van der Waals surface area (Å²) in [5.74, 6) is -0.143. The lowest BCUT2D eigenvalue weighted by molar-refractivity contribution is 0.102. The number of nitrogen functional groups attached to an aromatic ring is 1. The molecule has 0 aliphatic carbocycles. The Morgan fingerprint density at radius 3 is 2.38 bits per heavy atom. The second-order valence-electron chi connectivity index (χ2n) is 6.85. The van der Waals surface area contributed by atoms with Gasteiger partial charge in [-0.25, -0.2) is 0 Å². The number of amides is 1. The van der Waals surface area contributed by atoms with Crippen molar-refractivity contribution in [3.63, 3.8) is 0 Å². The SMILES string of the molecule is CN1CCN(Cc2ccc(C(=O)Nc3ccc(CN)c(N)c3)cc2)CC1. The molecule has 0 saturated carbocycles.